The maximum absolute atomic E-state index is 4.54. The van der Waals surface area contributed by atoms with Crippen LogP contribution in [0.2, 0.25) is 0 Å². The highest BCUT2D eigenvalue weighted by Crippen LogP contribution is 2.31. The highest BCUT2D eigenvalue weighted by molar-refractivity contribution is 5.86. The third-order valence-electron chi connectivity index (χ3n) is 7.65. The summed E-state index contributed by atoms with van der Waals surface area (Å²) in [4.78, 5) is 2.58. The number of rotatable bonds is 12. The van der Waals surface area contributed by atoms with E-state index in [9.17, 15) is 0 Å². The van der Waals surface area contributed by atoms with Crippen molar-refractivity contribution in [2.45, 2.75) is 105 Å². The van der Waals surface area contributed by atoms with Crippen molar-refractivity contribution in [3.05, 3.63) is 67.3 Å². The van der Waals surface area contributed by atoms with Crippen LogP contribution in [-0.4, -0.2) is 34.1 Å². The van der Waals surface area contributed by atoms with Crippen molar-refractivity contribution in [3.8, 4) is 0 Å². The highest BCUT2D eigenvalue weighted by atomic mass is 15.3. The molecule has 36 heavy (non-hydrogen) atoms. The lowest BCUT2D eigenvalue weighted by Crippen LogP contribution is -2.51. The molecule has 1 aliphatic heterocycles. The molecule has 0 spiro atoms. The number of piperidine rings is 1. The van der Waals surface area contributed by atoms with E-state index in [-0.39, 0.29) is 11.5 Å². The van der Waals surface area contributed by atoms with Crippen molar-refractivity contribution in [2.75, 3.05) is 6.54 Å². The quantitative estimate of drug-likeness (QED) is 0.320. The molecule has 0 amide bonds. The summed E-state index contributed by atoms with van der Waals surface area (Å²) in [6.45, 7) is 27.6. The molecule has 0 radical (unpaired) electrons. The number of para-hydroxylation sites is 1. The van der Waals surface area contributed by atoms with Crippen LogP contribution in [0.15, 0.2) is 61.7 Å². The fraction of sp³-hybridized carbons (Fsp3) is 0.562. The van der Waals surface area contributed by atoms with Gasteiger partial charge in [0.25, 0.3) is 0 Å². The SMILES string of the molecule is C=C(NCCc1cn(C(=C)C)c2ccccc12)C(CC(C)(C)C)NC(=C)N1[C@H](CC)CCC[C@@H]1CC. The van der Waals surface area contributed by atoms with Crippen LogP contribution >= 0.6 is 0 Å². The second kappa shape index (κ2) is 12.1. The molecule has 3 rings (SSSR count). The smallest absolute Gasteiger partial charge is 0.0949 e. The van der Waals surface area contributed by atoms with Gasteiger partial charge < -0.3 is 20.1 Å². The Bertz CT molecular complexity index is 1040. The van der Waals surface area contributed by atoms with E-state index in [4.69, 9.17) is 0 Å². The molecule has 1 fully saturated rings. The van der Waals surface area contributed by atoms with Gasteiger partial charge in [0.1, 0.15) is 0 Å². The number of fused-ring (bicyclic) bond motifs is 1. The number of hydrogen-bond donors (Lipinski definition) is 2. The Hall–Kier alpha value is -2.62. The van der Waals surface area contributed by atoms with E-state index in [1.807, 2.05) is 0 Å². The van der Waals surface area contributed by atoms with E-state index >= 15 is 0 Å². The van der Waals surface area contributed by atoms with Crippen LogP contribution < -0.4 is 10.6 Å². The van der Waals surface area contributed by atoms with Crippen LogP contribution in [0.5, 0.6) is 0 Å². The first-order valence-corrected chi connectivity index (χ1v) is 14.0. The fourth-order valence-electron chi connectivity index (χ4n) is 5.80. The number of benzene rings is 1. The van der Waals surface area contributed by atoms with Crippen LogP contribution in [0.25, 0.3) is 16.6 Å². The lowest BCUT2D eigenvalue weighted by Gasteiger charge is -2.46. The van der Waals surface area contributed by atoms with Crippen molar-refractivity contribution in [1.82, 2.24) is 20.1 Å². The minimum absolute atomic E-state index is 0.131. The van der Waals surface area contributed by atoms with Gasteiger partial charge in [0.15, 0.2) is 0 Å². The molecule has 1 aliphatic rings. The van der Waals surface area contributed by atoms with Crippen LogP contribution in [-0.2, 0) is 6.42 Å². The summed E-state index contributed by atoms with van der Waals surface area (Å²) in [6, 6.07) is 9.87. The molecule has 2 aromatic rings. The molecule has 1 saturated heterocycles. The second-order valence-electron chi connectivity index (χ2n) is 11.8. The monoisotopic (exact) mass is 490 g/mol. The Balaban J connectivity index is 1.70. The highest BCUT2D eigenvalue weighted by Gasteiger charge is 2.31. The van der Waals surface area contributed by atoms with Crippen molar-refractivity contribution < 1.29 is 0 Å². The third kappa shape index (κ3) is 6.78. The first-order valence-electron chi connectivity index (χ1n) is 14.0. The molecule has 0 bridgehead atoms. The van der Waals surface area contributed by atoms with Crippen molar-refractivity contribution in [3.63, 3.8) is 0 Å². The summed E-state index contributed by atoms with van der Waals surface area (Å²) in [5, 5.41) is 8.79. The van der Waals surface area contributed by atoms with Gasteiger partial charge in [-0.05, 0) is 68.9 Å². The van der Waals surface area contributed by atoms with Gasteiger partial charge in [-0.1, -0.05) is 72.6 Å². The molecule has 4 heteroatoms. The molecular weight excluding hydrogens is 440 g/mol. The summed E-state index contributed by atoms with van der Waals surface area (Å²) >= 11 is 0. The zero-order valence-corrected chi connectivity index (χ0v) is 23.8. The molecule has 3 atom stereocenters. The van der Waals surface area contributed by atoms with Gasteiger partial charge in [0.05, 0.1) is 17.4 Å². The van der Waals surface area contributed by atoms with Crippen LogP contribution in [0.1, 0.15) is 85.6 Å². The molecule has 1 aromatic carbocycles. The molecule has 1 unspecified atom stereocenters. The van der Waals surface area contributed by atoms with E-state index in [1.165, 1.54) is 35.7 Å². The molecule has 198 valence electrons. The average Bonchev–Trinajstić information content (AvgIpc) is 3.21. The van der Waals surface area contributed by atoms with E-state index in [2.05, 4.69) is 112 Å². The number of nitrogens with one attached hydrogen (secondary N) is 2. The number of aromatic nitrogens is 1. The topological polar surface area (TPSA) is 32.2 Å². The second-order valence-corrected chi connectivity index (χ2v) is 11.8. The standard InChI is InChI=1S/C32H50N4/c1-10-27-15-14-16-28(11-2)36(27)25(6)34-30(21-32(7,8)9)24(5)33-20-19-26-22-35(23(3)4)31-18-13-12-17-29(26)31/h12-13,17-18,22,27-28,30,33-34H,3,5-6,10-11,14-16,19-21H2,1-2,4,7-9H3/t27-,28+,30?. The predicted molar refractivity (Wildman–Crippen MR) is 158 cm³/mol. The first kappa shape index (κ1) is 28.0. The normalized spacial score (nSPS) is 19.2. The summed E-state index contributed by atoms with van der Waals surface area (Å²) in [5.41, 5.74) is 4.82. The summed E-state index contributed by atoms with van der Waals surface area (Å²) < 4.78 is 2.19. The van der Waals surface area contributed by atoms with Crippen molar-refractivity contribution in [2.24, 2.45) is 5.41 Å². The lowest BCUT2D eigenvalue weighted by atomic mass is 9.87. The van der Waals surface area contributed by atoms with Gasteiger partial charge in [0.2, 0.25) is 0 Å². The van der Waals surface area contributed by atoms with Gasteiger partial charge in [-0.3, -0.25) is 0 Å². The maximum Gasteiger partial charge on any atom is 0.0949 e. The minimum atomic E-state index is 0.131. The van der Waals surface area contributed by atoms with Gasteiger partial charge in [-0.15, -0.1) is 0 Å². The van der Waals surface area contributed by atoms with E-state index in [0.717, 1.165) is 49.4 Å². The molecule has 2 N–H and O–H groups in total. The fourth-order valence-corrected chi connectivity index (χ4v) is 5.80. The van der Waals surface area contributed by atoms with E-state index < -0.39 is 0 Å². The van der Waals surface area contributed by atoms with Crippen LogP contribution in [0.3, 0.4) is 0 Å². The predicted octanol–water partition coefficient (Wildman–Crippen LogP) is 7.69. The molecule has 0 saturated carbocycles. The summed E-state index contributed by atoms with van der Waals surface area (Å²) in [6.07, 6.45) is 10.3. The summed E-state index contributed by atoms with van der Waals surface area (Å²) in [7, 11) is 0. The number of allylic oxidation sites excluding steroid dienone is 1. The third-order valence-corrected chi connectivity index (χ3v) is 7.65. The van der Waals surface area contributed by atoms with Crippen LogP contribution in [0, 0.1) is 5.41 Å². The van der Waals surface area contributed by atoms with E-state index in [0.29, 0.717) is 12.1 Å². The number of likely N-dealkylation sites (tertiary alicyclic amines) is 1. The summed E-state index contributed by atoms with van der Waals surface area (Å²) in [5.74, 6) is 1.06. The van der Waals surface area contributed by atoms with Gasteiger partial charge >= 0.3 is 0 Å². The van der Waals surface area contributed by atoms with E-state index in [1.54, 1.807) is 0 Å². The van der Waals surface area contributed by atoms with Crippen molar-refractivity contribution >= 4 is 16.6 Å². The molecule has 2 heterocycles. The Morgan fingerprint density at radius 2 is 1.69 bits per heavy atom. The zero-order valence-electron chi connectivity index (χ0n) is 23.8. The zero-order chi connectivity index (χ0) is 26.5. The van der Waals surface area contributed by atoms with Gasteiger partial charge in [-0.25, -0.2) is 0 Å². The average molecular weight is 491 g/mol. The Kier molecular flexibility index (Phi) is 9.38. The minimum Gasteiger partial charge on any atom is -0.387 e. The lowest BCUT2D eigenvalue weighted by molar-refractivity contribution is 0.104. The number of hydrogen-bond acceptors (Lipinski definition) is 3. The molecule has 0 aliphatic carbocycles. The maximum atomic E-state index is 4.54. The Morgan fingerprint density at radius 1 is 1.06 bits per heavy atom. The number of nitrogens with zero attached hydrogens (tertiary/aromatic N) is 2. The van der Waals surface area contributed by atoms with Crippen molar-refractivity contribution in [1.29, 1.82) is 0 Å². The largest absolute Gasteiger partial charge is 0.387 e. The molecule has 4 nitrogen and oxygen atoms in total. The molecule has 1 aromatic heterocycles. The van der Waals surface area contributed by atoms with Gasteiger partial charge in [-0.2, -0.15) is 0 Å². The first-order chi connectivity index (χ1) is 17.1. The molecular formula is C32H50N4. The van der Waals surface area contributed by atoms with Gasteiger partial charge in [0, 0.05) is 41.6 Å². The van der Waals surface area contributed by atoms with Crippen LogP contribution in [0.4, 0.5) is 0 Å². The Morgan fingerprint density at radius 3 is 2.28 bits per heavy atom. The Labute approximate surface area is 220 Å².